The van der Waals surface area contributed by atoms with Gasteiger partial charge in [-0.3, -0.25) is 0 Å². The summed E-state index contributed by atoms with van der Waals surface area (Å²) in [6.07, 6.45) is 2.15. The third-order valence-electron chi connectivity index (χ3n) is 2.89. The molecule has 0 fully saturated rings. The Morgan fingerprint density at radius 1 is 1.53 bits per heavy atom. The van der Waals surface area contributed by atoms with Crippen LogP contribution in [-0.4, -0.2) is 11.6 Å². The van der Waals surface area contributed by atoms with Crippen molar-refractivity contribution in [3.63, 3.8) is 0 Å². The smallest absolute Gasteiger partial charge is 0.218 e. The third kappa shape index (κ3) is 3.97. The summed E-state index contributed by atoms with van der Waals surface area (Å²) in [5, 5.41) is 0. The molecule has 0 amide bonds. The molecule has 0 saturated carbocycles. The standard InChI is InChI=1S/C13H21FN2O/c1-5-13(3,4)8-17-12-11(9(2)15)6-10(14)7-16-12/h6-7,9H,5,8,15H2,1-4H3/t9-/m1/s1. The molecule has 0 saturated heterocycles. The van der Waals surface area contributed by atoms with Crippen molar-refractivity contribution in [2.45, 2.75) is 40.2 Å². The van der Waals surface area contributed by atoms with Crippen LogP contribution in [0, 0.1) is 11.2 Å². The summed E-state index contributed by atoms with van der Waals surface area (Å²) in [6.45, 7) is 8.66. The van der Waals surface area contributed by atoms with Gasteiger partial charge in [0.15, 0.2) is 0 Å². The first-order valence-corrected chi connectivity index (χ1v) is 5.89. The Kier molecular flexibility index (Phi) is 4.46. The number of aromatic nitrogens is 1. The number of halogens is 1. The molecule has 0 unspecified atom stereocenters. The molecule has 1 atom stereocenters. The van der Waals surface area contributed by atoms with Gasteiger partial charge in [0, 0.05) is 11.6 Å². The second kappa shape index (κ2) is 5.45. The number of nitrogens with two attached hydrogens (primary N) is 1. The fraction of sp³-hybridized carbons (Fsp3) is 0.615. The van der Waals surface area contributed by atoms with Crippen molar-refractivity contribution in [3.8, 4) is 5.88 Å². The maximum atomic E-state index is 13.1. The summed E-state index contributed by atoms with van der Waals surface area (Å²) in [7, 11) is 0. The molecule has 1 aromatic rings. The molecule has 1 aromatic heterocycles. The van der Waals surface area contributed by atoms with E-state index in [9.17, 15) is 4.39 Å². The molecule has 96 valence electrons. The van der Waals surface area contributed by atoms with Crippen LogP contribution in [0.3, 0.4) is 0 Å². The maximum absolute atomic E-state index is 13.1. The highest BCUT2D eigenvalue weighted by molar-refractivity contribution is 5.28. The van der Waals surface area contributed by atoms with Crippen LogP contribution in [-0.2, 0) is 0 Å². The average molecular weight is 240 g/mol. The van der Waals surface area contributed by atoms with Gasteiger partial charge < -0.3 is 10.5 Å². The Balaban J connectivity index is 2.84. The Morgan fingerprint density at radius 2 is 2.18 bits per heavy atom. The molecule has 0 aromatic carbocycles. The minimum absolute atomic E-state index is 0.0746. The van der Waals surface area contributed by atoms with Crippen molar-refractivity contribution in [2.75, 3.05) is 6.61 Å². The largest absolute Gasteiger partial charge is 0.477 e. The molecular weight excluding hydrogens is 219 g/mol. The topological polar surface area (TPSA) is 48.1 Å². The molecule has 1 heterocycles. The first-order chi connectivity index (χ1) is 7.85. The zero-order valence-electron chi connectivity index (χ0n) is 11.0. The van der Waals surface area contributed by atoms with E-state index >= 15 is 0 Å². The van der Waals surface area contributed by atoms with Gasteiger partial charge in [0.1, 0.15) is 5.82 Å². The zero-order valence-corrected chi connectivity index (χ0v) is 11.0. The SMILES string of the molecule is CCC(C)(C)COc1ncc(F)cc1[C@@H](C)N. The van der Waals surface area contributed by atoms with E-state index in [1.807, 2.05) is 0 Å². The van der Waals surface area contributed by atoms with Crippen LogP contribution in [0.25, 0.3) is 0 Å². The summed E-state index contributed by atoms with van der Waals surface area (Å²) in [5.41, 5.74) is 6.45. The summed E-state index contributed by atoms with van der Waals surface area (Å²) in [6, 6.07) is 1.09. The third-order valence-corrected chi connectivity index (χ3v) is 2.89. The van der Waals surface area contributed by atoms with E-state index < -0.39 is 0 Å². The number of rotatable bonds is 5. The molecule has 1 rings (SSSR count). The van der Waals surface area contributed by atoms with Crippen LogP contribution in [0.15, 0.2) is 12.3 Å². The highest BCUT2D eigenvalue weighted by Gasteiger charge is 2.18. The molecule has 0 aliphatic rings. The lowest BCUT2D eigenvalue weighted by Gasteiger charge is -2.23. The van der Waals surface area contributed by atoms with Crippen LogP contribution in [0.4, 0.5) is 4.39 Å². The van der Waals surface area contributed by atoms with Crippen LogP contribution < -0.4 is 10.5 Å². The fourth-order valence-corrected chi connectivity index (χ4v) is 1.25. The second-order valence-corrected chi connectivity index (χ2v) is 5.14. The summed E-state index contributed by atoms with van der Waals surface area (Å²) in [5.74, 6) is 0.0438. The summed E-state index contributed by atoms with van der Waals surface area (Å²) >= 11 is 0. The Hall–Kier alpha value is -1.16. The fourth-order valence-electron chi connectivity index (χ4n) is 1.25. The van der Waals surface area contributed by atoms with Gasteiger partial charge in [-0.25, -0.2) is 9.37 Å². The predicted octanol–water partition coefficient (Wildman–Crippen LogP) is 3.06. The normalized spacial score (nSPS) is 13.5. The van der Waals surface area contributed by atoms with Crippen LogP contribution in [0.2, 0.25) is 0 Å². The van der Waals surface area contributed by atoms with Crippen molar-refractivity contribution in [1.82, 2.24) is 4.98 Å². The van der Waals surface area contributed by atoms with E-state index in [2.05, 4.69) is 25.8 Å². The van der Waals surface area contributed by atoms with Crippen molar-refractivity contribution in [2.24, 2.45) is 11.1 Å². The molecule has 17 heavy (non-hydrogen) atoms. The minimum atomic E-state index is -0.389. The van der Waals surface area contributed by atoms with Gasteiger partial charge in [0.25, 0.3) is 0 Å². The number of pyridine rings is 1. The number of nitrogens with zero attached hydrogens (tertiary/aromatic N) is 1. The highest BCUT2D eigenvalue weighted by atomic mass is 19.1. The van der Waals surface area contributed by atoms with Crippen LogP contribution >= 0.6 is 0 Å². The predicted molar refractivity (Wildman–Crippen MR) is 66.4 cm³/mol. The van der Waals surface area contributed by atoms with Gasteiger partial charge >= 0.3 is 0 Å². The minimum Gasteiger partial charge on any atom is -0.477 e. The van der Waals surface area contributed by atoms with Gasteiger partial charge in [-0.05, 0) is 24.8 Å². The summed E-state index contributed by atoms with van der Waals surface area (Å²) in [4.78, 5) is 3.96. The Labute approximate surface area is 102 Å². The number of hydrogen-bond donors (Lipinski definition) is 1. The highest BCUT2D eigenvalue weighted by Crippen LogP contribution is 2.25. The Morgan fingerprint density at radius 3 is 2.71 bits per heavy atom. The summed E-state index contributed by atoms with van der Waals surface area (Å²) < 4.78 is 18.7. The van der Waals surface area contributed by atoms with E-state index in [0.29, 0.717) is 18.1 Å². The van der Waals surface area contributed by atoms with Crippen LogP contribution in [0.5, 0.6) is 5.88 Å². The molecule has 0 radical (unpaired) electrons. The van der Waals surface area contributed by atoms with Gasteiger partial charge in [-0.2, -0.15) is 0 Å². The Bertz CT molecular complexity index is 378. The van der Waals surface area contributed by atoms with Gasteiger partial charge in [0.05, 0.1) is 12.8 Å². The molecule has 0 aliphatic carbocycles. The molecule has 3 nitrogen and oxygen atoms in total. The number of hydrogen-bond acceptors (Lipinski definition) is 3. The van der Waals surface area contributed by atoms with E-state index in [0.717, 1.165) is 12.6 Å². The van der Waals surface area contributed by atoms with E-state index in [1.54, 1.807) is 6.92 Å². The van der Waals surface area contributed by atoms with Crippen molar-refractivity contribution in [3.05, 3.63) is 23.6 Å². The van der Waals surface area contributed by atoms with Crippen molar-refractivity contribution < 1.29 is 9.13 Å². The second-order valence-electron chi connectivity index (χ2n) is 5.14. The first kappa shape index (κ1) is 13.9. The number of ether oxygens (including phenoxy) is 1. The van der Waals surface area contributed by atoms with Gasteiger partial charge in [0.2, 0.25) is 5.88 Å². The first-order valence-electron chi connectivity index (χ1n) is 5.89. The lowest BCUT2D eigenvalue weighted by molar-refractivity contribution is 0.168. The molecular formula is C13H21FN2O. The molecule has 0 bridgehead atoms. The van der Waals surface area contributed by atoms with Crippen molar-refractivity contribution >= 4 is 0 Å². The van der Waals surface area contributed by atoms with Crippen molar-refractivity contribution in [1.29, 1.82) is 0 Å². The quantitative estimate of drug-likeness (QED) is 0.860. The van der Waals surface area contributed by atoms with Crippen LogP contribution in [0.1, 0.15) is 45.7 Å². The zero-order chi connectivity index (χ0) is 13.1. The van der Waals surface area contributed by atoms with Gasteiger partial charge in [-0.15, -0.1) is 0 Å². The monoisotopic (exact) mass is 240 g/mol. The maximum Gasteiger partial charge on any atom is 0.218 e. The molecule has 2 N–H and O–H groups in total. The molecule has 0 aliphatic heterocycles. The molecule has 4 heteroatoms. The van der Waals surface area contributed by atoms with E-state index in [4.69, 9.17) is 10.5 Å². The average Bonchev–Trinajstić information content (AvgIpc) is 2.27. The van der Waals surface area contributed by atoms with E-state index in [-0.39, 0.29) is 17.3 Å². The lowest BCUT2D eigenvalue weighted by atomic mass is 9.92. The molecule has 0 spiro atoms. The lowest BCUT2D eigenvalue weighted by Crippen LogP contribution is -2.21. The van der Waals surface area contributed by atoms with Gasteiger partial charge in [-0.1, -0.05) is 20.8 Å². The van der Waals surface area contributed by atoms with E-state index in [1.165, 1.54) is 6.07 Å².